The second-order valence-electron chi connectivity index (χ2n) is 3.75. The zero-order valence-corrected chi connectivity index (χ0v) is 12.7. The largest absolute Gasteiger partial charge is 0.478 e. The normalized spacial score (nSPS) is 10.3. The van der Waals surface area contributed by atoms with E-state index in [-0.39, 0.29) is 5.56 Å². The number of carboxylic acids is 1. The lowest BCUT2D eigenvalue weighted by Crippen LogP contribution is -2.06. The Hall–Kier alpha value is -1.41. The van der Waals surface area contributed by atoms with Crippen molar-refractivity contribution in [1.82, 2.24) is 9.97 Å². The van der Waals surface area contributed by atoms with Gasteiger partial charge in [-0.25, -0.2) is 14.8 Å². The van der Waals surface area contributed by atoms with Crippen molar-refractivity contribution < 1.29 is 9.90 Å². The molecule has 0 fully saturated rings. The highest BCUT2D eigenvalue weighted by Gasteiger charge is 2.10. The van der Waals surface area contributed by atoms with Crippen molar-refractivity contribution in [3.63, 3.8) is 0 Å². The van der Waals surface area contributed by atoms with Crippen molar-refractivity contribution in [2.75, 3.05) is 5.32 Å². The fourth-order valence-corrected chi connectivity index (χ4v) is 2.11. The summed E-state index contributed by atoms with van der Waals surface area (Å²) in [5, 5.41) is 12.4. The van der Waals surface area contributed by atoms with Crippen molar-refractivity contribution in [3.05, 3.63) is 44.2 Å². The molecular formula is C12H9ClIN3O2. The first-order valence-electron chi connectivity index (χ1n) is 5.26. The molecule has 0 spiro atoms. The Morgan fingerprint density at radius 2 is 2.21 bits per heavy atom. The van der Waals surface area contributed by atoms with Crippen LogP contribution in [0.3, 0.4) is 0 Å². The fourth-order valence-electron chi connectivity index (χ4n) is 1.45. The van der Waals surface area contributed by atoms with Crippen LogP contribution in [0.15, 0.2) is 24.4 Å². The van der Waals surface area contributed by atoms with Gasteiger partial charge in [-0.3, -0.25) is 0 Å². The maximum Gasteiger partial charge on any atom is 0.339 e. The van der Waals surface area contributed by atoms with E-state index >= 15 is 0 Å². The van der Waals surface area contributed by atoms with Crippen LogP contribution < -0.4 is 5.32 Å². The number of aromatic nitrogens is 2. The first-order valence-corrected chi connectivity index (χ1v) is 6.72. The number of rotatable bonds is 3. The Balaban J connectivity index is 2.31. The maximum absolute atomic E-state index is 10.9. The quantitative estimate of drug-likeness (QED) is 0.786. The molecule has 98 valence electrons. The summed E-state index contributed by atoms with van der Waals surface area (Å²) >= 11 is 8.22. The molecule has 19 heavy (non-hydrogen) atoms. The minimum atomic E-state index is -1.05. The molecule has 0 amide bonds. The van der Waals surface area contributed by atoms with Gasteiger partial charge < -0.3 is 10.4 Å². The van der Waals surface area contributed by atoms with Crippen LogP contribution in [-0.2, 0) is 0 Å². The SMILES string of the molecule is Cc1nc(Nc2cc(I)ccc2Cl)ncc1C(=O)O. The first kappa shape index (κ1) is 14.0. The molecule has 0 atom stereocenters. The van der Waals surface area contributed by atoms with Gasteiger partial charge in [0.05, 0.1) is 22.0 Å². The van der Waals surface area contributed by atoms with Crippen molar-refractivity contribution in [1.29, 1.82) is 0 Å². The number of hydrogen-bond donors (Lipinski definition) is 2. The number of benzene rings is 1. The Morgan fingerprint density at radius 1 is 1.47 bits per heavy atom. The van der Waals surface area contributed by atoms with Crippen molar-refractivity contribution in [2.24, 2.45) is 0 Å². The molecule has 2 N–H and O–H groups in total. The molecule has 0 aliphatic carbocycles. The predicted octanol–water partition coefficient (Wildman–Crippen LogP) is 3.48. The number of carbonyl (C=O) groups is 1. The molecular weight excluding hydrogens is 381 g/mol. The van der Waals surface area contributed by atoms with Crippen LogP contribution in [-0.4, -0.2) is 21.0 Å². The summed E-state index contributed by atoms with van der Waals surface area (Å²) in [6.07, 6.45) is 1.27. The van der Waals surface area contributed by atoms with Crippen LogP contribution in [0.4, 0.5) is 11.6 Å². The maximum atomic E-state index is 10.9. The molecule has 0 aliphatic heterocycles. The molecule has 1 aromatic heterocycles. The number of halogens is 2. The molecule has 1 aromatic carbocycles. The molecule has 0 saturated heterocycles. The average molecular weight is 390 g/mol. The van der Waals surface area contributed by atoms with Crippen LogP contribution in [0.5, 0.6) is 0 Å². The molecule has 2 rings (SSSR count). The first-order chi connectivity index (χ1) is 8.97. The topological polar surface area (TPSA) is 75.1 Å². The number of hydrogen-bond acceptors (Lipinski definition) is 4. The molecule has 7 heteroatoms. The number of nitrogens with zero attached hydrogens (tertiary/aromatic N) is 2. The van der Waals surface area contributed by atoms with Gasteiger partial charge in [0.2, 0.25) is 5.95 Å². The molecule has 1 heterocycles. The van der Waals surface area contributed by atoms with Gasteiger partial charge in [0.1, 0.15) is 0 Å². The van der Waals surface area contributed by atoms with E-state index in [1.165, 1.54) is 6.20 Å². The summed E-state index contributed by atoms with van der Waals surface area (Å²) in [4.78, 5) is 18.9. The predicted molar refractivity (Wildman–Crippen MR) is 81.2 cm³/mol. The summed E-state index contributed by atoms with van der Waals surface area (Å²) < 4.78 is 1.02. The lowest BCUT2D eigenvalue weighted by atomic mass is 10.2. The monoisotopic (exact) mass is 389 g/mol. The van der Waals surface area contributed by atoms with Crippen molar-refractivity contribution in [2.45, 2.75) is 6.92 Å². The zero-order valence-electron chi connectivity index (χ0n) is 9.82. The number of aryl methyl sites for hydroxylation is 1. The van der Waals surface area contributed by atoms with E-state index in [1.807, 2.05) is 12.1 Å². The minimum Gasteiger partial charge on any atom is -0.478 e. The average Bonchev–Trinajstić information content (AvgIpc) is 2.33. The Morgan fingerprint density at radius 3 is 2.84 bits per heavy atom. The third kappa shape index (κ3) is 3.32. The lowest BCUT2D eigenvalue weighted by Gasteiger charge is -2.08. The van der Waals surface area contributed by atoms with Gasteiger partial charge in [0.25, 0.3) is 0 Å². The molecule has 0 radical (unpaired) electrons. The number of nitrogens with one attached hydrogen (secondary N) is 1. The van der Waals surface area contributed by atoms with Crippen LogP contribution in [0.25, 0.3) is 0 Å². The Labute approximate surface area is 128 Å². The van der Waals surface area contributed by atoms with Gasteiger partial charge in [-0.15, -0.1) is 0 Å². The number of anilines is 2. The van der Waals surface area contributed by atoms with E-state index in [2.05, 4.69) is 37.9 Å². The molecule has 5 nitrogen and oxygen atoms in total. The number of aromatic carboxylic acids is 1. The van der Waals surface area contributed by atoms with Crippen molar-refractivity contribution in [3.8, 4) is 0 Å². The van der Waals surface area contributed by atoms with Crippen LogP contribution >= 0.6 is 34.2 Å². The zero-order chi connectivity index (χ0) is 14.0. The molecule has 0 aliphatic rings. The van der Waals surface area contributed by atoms with E-state index in [0.717, 1.165) is 3.57 Å². The highest BCUT2D eigenvalue weighted by atomic mass is 127. The summed E-state index contributed by atoms with van der Waals surface area (Å²) in [7, 11) is 0. The Kier molecular flexibility index (Phi) is 4.20. The highest BCUT2D eigenvalue weighted by Crippen LogP contribution is 2.26. The molecule has 0 bridgehead atoms. The van der Waals surface area contributed by atoms with Gasteiger partial charge in [-0.1, -0.05) is 11.6 Å². The van der Waals surface area contributed by atoms with E-state index in [1.54, 1.807) is 13.0 Å². The van der Waals surface area contributed by atoms with Crippen LogP contribution in [0, 0.1) is 10.5 Å². The number of carboxylic acid groups (broad SMARTS) is 1. The molecule has 0 unspecified atom stereocenters. The third-order valence-electron chi connectivity index (χ3n) is 2.38. The fraction of sp³-hybridized carbons (Fsp3) is 0.0833. The third-order valence-corrected chi connectivity index (χ3v) is 3.39. The minimum absolute atomic E-state index is 0.0827. The smallest absolute Gasteiger partial charge is 0.339 e. The molecule has 0 saturated carbocycles. The summed E-state index contributed by atoms with van der Waals surface area (Å²) in [6, 6.07) is 5.50. The highest BCUT2D eigenvalue weighted by molar-refractivity contribution is 14.1. The second-order valence-corrected chi connectivity index (χ2v) is 5.40. The van der Waals surface area contributed by atoms with Gasteiger partial charge in [-0.05, 0) is 47.7 Å². The van der Waals surface area contributed by atoms with Gasteiger partial charge in [-0.2, -0.15) is 0 Å². The van der Waals surface area contributed by atoms with Gasteiger partial charge >= 0.3 is 5.97 Å². The Bertz CT molecular complexity index is 649. The van der Waals surface area contributed by atoms with E-state index < -0.39 is 5.97 Å². The second kappa shape index (κ2) is 5.70. The standard InChI is InChI=1S/C12H9ClIN3O2/c1-6-8(11(18)19)5-15-12(16-6)17-10-4-7(14)2-3-9(10)13/h2-5H,1H3,(H,18,19)(H,15,16,17). The van der Waals surface area contributed by atoms with E-state index in [9.17, 15) is 4.79 Å². The lowest BCUT2D eigenvalue weighted by molar-refractivity contribution is 0.0695. The van der Waals surface area contributed by atoms with Gasteiger partial charge in [0.15, 0.2) is 0 Å². The summed E-state index contributed by atoms with van der Waals surface area (Å²) in [5.74, 6) is -0.734. The summed E-state index contributed by atoms with van der Waals surface area (Å²) in [5.41, 5.74) is 1.15. The van der Waals surface area contributed by atoms with Crippen LogP contribution in [0.1, 0.15) is 16.1 Å². The van der Waals surface area contributed by atoms with E-state index in [0.29, 0.717) is 22.4 Å². The van der Waals surface area contributed by atoms with E-state index in [4.69, 9.17) is 16.7 Å². The summed E-state index contributed by atoms with van der Waals surface area (Å²) in [6.45, 7) is 1.62. The van der Waals surface area contributed by atoms with Gasteiger partial charge in [0, 0.05) is 9.77 Å². The molecule has 2 aromatic rings. The van der Waals surface area contributed by atoms with Crippen LogP contribution in [0.2, 0.25) is 5.02 Å². The van der Waals surface area contributed by atoms with Crippen molar-refractivity contribution >= 4 is 51.8 Å².